The number of hydrogen-bond acceptors (Lipinski definition) is 6. The normalized spacial score (nSPS) is 12.9. The second kappa shape index (κ2) is 11.0. The highest BCUT2D eigenvalue weighted by atomic mass is 31.0. The van der Waals surface area contributed by atoms with Crippen molar-refractivity contribution in [2.75, 3.05) is 4.90 Å². The number of fused-ring (bicyclic) bond motifs is 10. The van der Waals surface area contributed by atoms with Gasteiger partial charge in [-0.1, -0.05) is 75.4 Å². The molecule has 0 N–H and O–H groups in total. The fourth-order valence-corrected chi connectivity index (χ4v) is 8.99. The number of allylic oxidation sites excluding steroid dienone is 1. The molecule has 248 valence electrons. The Morgan fingerprint density at radius 2 is 1.60 bits per heavy atom. The van der Waals surface area contributed by atoms with E-state index in [9.17, 15) is 5.26 Å². The summed E-state index contributed by atoms with van der Waals surface area (Å²) in [7, 11) is 0.840. The smallest absolute Gasteiger partial charge is 0.167 e. The predicted octanol–water partition coefficient (Wildman–Crippen LogP) is 12.9. The van der Waals surface area contributed by atoms with E-state index in [-0.39, 0.29) is 0 Å². The molecule has 0 atom stereocenters. The first-order valence-electron chi connectivity index (χ1n) is 17.3. The molecule has 6 bridgehead atoms. The fraction of sp³-hybridized carbons (Fsp3) is 0.0222. The number of hydrogen-bond donors (Lipinski definition) is 0. The monoisotopic (exact) mass is 699 g/mol. The lowest BCUT2D eigenvalue weighted by atomic mass is 10.0. The zero-order chi connectivity index (χ0) is 35.4. The van der Waals surface area contributed by atoms with Crippen molar-refractivity contribution >= 4 is 108 Å². The molecule has 8 heteroatoms. The second-order valence-electron chi connectivity index (χ2n) is 13.2. The lowest BCUT2D eigenvalue weighted by Crippen LogP contribution is -2.15. The zero-order valence-corrected chi connectivity index (χ0v) is 29.2. The van der Waals surface area contributed by atoms with Gasteiger partial charge in [0.25, 0.3) is 0 Å². The van der Waals surface area contributed by atoms with E-state index < -0.39 is 0 Å². The van der Waals surface area contributed by atoms with Crippen molar-refractivity contribution in [3.63, 3.8) is 0 Å². The maximum atomic E-state index is 10.5. The molecule has 53 heavy (non-hydrogen) atoms. The van der Waals surface area contributed by atoms with Gasteiger partial charge in [-0.3, -0.25) is 0 Å². The van der Waals surface area contributed by atoms with Gasteiger partial charge >= 0.3 is 0 Å². The topological polar surface area (TPSA) is 79.6 Å². The van der Waals surface area contributed by atoms with Gasteiger partial charge in [0, 0.05) is 38.3 Å². The number of rotatable bonds is 3. The number of nitriles is 1. The van der Waals surface area contributed by atoms with Crippen molar-refractivity contribution < 1.29 is 9.15 Å². The zero-order valence-electron chi connectivity index (χ0n) is 28.3. The van der Waals surface area contributed by atoms with Gasteiger partial charge in [-0.15, -0.1) is 0 Å². The summed E-state index contributed by atoms with van der Waals surface area (Å²) in [6, 6.07) is 38.1. The summed E-state index contributed by atoms with van der Waals surface area (Å²) in [6.07, 6.45) is 5.82. The van der Waals surface area contributed by atoms with E-state index in [0.717, 1.165) is 102 Å². The molecule has 0 unspecified atom stereocenters. The maximum absolute atomic E-state index is 10.5. The van der Waals surface area contributed by atoms with E-state index in [2.05, 4.69) is 82.6 Å². The average Bonchev–Trinajstić information content (AvgIpc) is 3.53. The maximum Gasteiger partial charge on any atom is 0.167 e. The molecule has 4 aromatic heterocycles. The molecule has 0 amide bonds. The van der Waals surface area contributed by atoms with Crippen molar-refractivity contribution in [3.05, 3.63) is 139 Å². The molecule has 0 saturated carbocycles. The summed E-state index contributed by atoms with van der Waals surface area (Å²) < 4.78 is 15.2. The first-order chi connectivity index (χ1) is 26.1. The highest BCUT2D eigenvalue weighted by molar-refractivity contribution is 7.36. The van der Waals surface area contributed by atoms with Gasteiger partial charge in [0.05, 0.1) is 33.6 Å². The van der Waals surface area contributed by atoms with Crippen LogP contribution < -0.4 is 9.64 Å². The highest BCUT2D eigenvalue weighted by Crippen LogP contribution is 2.51. The SMILES string of the molecule is C=Cc1oc2cpc3cc2n(c1/C=C\C)c1cc(N2c4ccccc4Oc4ccccc42)cc(c1)c1ccc2cccc4c5nc(C#N)c3nc5c1c24. The molecule has 0 spiro atoms. The van der Waals surface area contributed by atoms with Crippen molar-refractivity contribution in [3.8, 4) is 17.6 Å². The van der Waals surface area contributed by atoms with E-state index in [4.69, 9.17) is 19.1 Å². The molecule has 0 radical (unpaired) electrons. The van der Waals surface area contributed by atoms with E-state index in [1.807, 2.05) is 67.3 Å². The summed E-state index contributed by atoms with van der Waals surface area (Å²) in [4.78, 5) is 12.7. The van der Waals surface area contributed by atoms with Gasteiger partial charge in [-0.05, 0) is 83.8 Å². The van der Waals surface area contributed by atoms with Gasteiger partial charge in [-0.2, -0.15) is 5.26 Å². The van der Waals surface area contributed by atoms with E-state index in [1.54, 1.807) is 6.08 Å². The van der Waals surface area contributed by atoms with Crippen LogP contribution in [0.3, 0.4) is 0 Å². The molecule has 1 aliphatic heterocycles. The van der Waals surface area contributed by atoms with E-state index in [0.29, 0.717) is 22.6 Å². The van der Waals surface area contributed by atoms with Crippen molar-refractivity contribution in [2.24, 2.45) is 0 Å². The second-order valence-corrected chi connectivity index (χ2v) is 14.2. The molecule has 11 rings (SSSR count). The lowest BCUT2D eigenvalue weighted by Gasteiger charge is -2.33. The number of aromatic nitrogens is 3. The fourth-order valence-electron chi connectivity index (χ4n) is 8.07. The Labute approximate surface area is 304 Å². The van der Waals surface area contributed by atoms with Crippen LogP contribution in [0, 0.1) is 11.3 Å². The minimum Gasteiger partial charge on any atom is -0.453 e. The molecule has 10 aromatic rings. The third-order valence-electron chi connectivity index (χ3n) is 10.3. The first kappa shape index (κ1) is 29.7. The molecule has 0 aliphatic carbocycles. The summed E-state index contributed by atoms with van der Waals surface area (Å²) in [5, 5.41) is 17.6. The summed E-state index contributed by atoms with van der Waals surface area (Å²) in [6.45, 7) is 6.14. The molecule has 0 fully saturated rings. The minimum atomic E-state index is 0.299. The van der Waals surface area contributed by atoms with Crippen molar-refractivity contribution in [2.45, 2.75) is 6.92 Å². The predicted molar refractivity (Wildman–Crippen MR) is 217 cm³/mol. The number of ether oxygens (including phenoxy) is 1. The number of para-hydroxylation sites is 4. The van der Waals surface area contributed by atoms with Gasteiger partial charge in [0.15, 0.2) is 28.5 Å². The van der Waals surface area contributed by atoms with Crippen LogP contribution >= 0.6 is 8.19 Å². The summed E-state index contributed by atoms with van der Waals surface area (Å²) in [5.74, 6) is 4.24. The Hall–Kier alpha value is -7.00. The molecule has 1 aliphatic rings. The van der Waals surface area contributed by atoms with Gasteiger partial charge in [-0.25, -0.2) is 9.97 Å². The largest absolute Gasteiger partial charge is 0.453 e. The van der Waals surface area contributed by atoms with Crippen molar-refractivity contribution in [1.29, 1.82) is 5.26 Å². The van der Waals surface area contributed by atoms with Crippen LogP contribution in [-0.4, -0.2) is 14.4 Å². The Balaban J connectivity index is 1.44. The average molecular weight is 700 g/mol. The lowest BCUT2D eigenvalue weighted by molar-refractivity contribution is 0.477. The minimum absolute atomic E-state index is 0.299. The van der Waals surface area contributed by atoms with E-state index >= 15 is 0 Å². The molecule has 6 aromatic carbocycles. The first-order valence-corrected chi connectivity index (χ1v) is 18.3. The molecule has 7 nitrogen and oxygen atoms in total. The summed E-state index contributed by atoms with van der Waals surface area (Å²) in [5.41, 5.74) is 8.52. The van der Waals surface area contributed by atoms with Gasteiger partial charge < -0.3 is 18.5 Å². The quantitative estimate of drug-likeness (QED) is 0.183. The van der Waals surface area contributed by atoms with Crippen LogP contribution in [0.1, 0.15) is 24.1 Å². The van der Waals surface area contributed by atoms with Gasteiger partial charge in [0.1, 0.15) is 11.6 Å². The van der Waals surface area contributed by atoms with Crippen LogP contribution in [0.4, 0.5) is 17.1 Å². The standard InChI is InChI=1S/C45H26N5O2P/c1-3-10-32-36(4-2)51-39-24-53-40-22-35(39)50(32)28-20-26(19-27(21-28)49-33-13-5-7-15-37(33)52-38-16-8-6-14-34(38)49)29-18-17-25-11-9-12-30-41(25)42(29)45-43(30)47-31(23-46)44(40)48-45/h3-22,24H,2H2,1H3/b10-3-. The molecular formula is C45H26N5O2P. The van der Waals surface area contributed by atoms with Crippen LogP contribution in [0.25, 0.3) is 82.8 Å². The van der Waals surface area contributed by atoms with Crippen LogP contribution in [0.2, 0.25) is 0 Å². The van der Waals surface area contributed by atoms with Crippen LogP contribution in [-0.2, 0) is 0 Å². The number of nitrogens with zero attached hydrogens (tertiary/aromatic N) is 5. The third kappa shape index (κ3) is 4.13. The Morgan fingerprint density at radius 1 is 0.792 bits per heavy atom. The Kier molecular flexibility index (Phi) is 6.16. The van der Waals surface area contributed by atoms with Crippen LogP contribution in [0.15, 0.2) is 126 Å². The molecule has 0 saturated heterocycles. The van der Waals surface area contributed by atoms with Crippen LogP contribution in [0.5, 0.6) is 11.5 Å². The molecule has 5 heterocycles. The molecular weight excluding hydrogens is 674 g/mol. The third-order valence-corrected chi connectivity index (χ3v) is 11.2. The highest BCUT2D eigenvalue weighted by Gasteiger charge is 2.26. The number of benzene rings is 5. The number of anilines is 3. The van der Waals surface area contributed by atoms with E-state index in [1.165, 1.54) is 0 Å². The Bertz CT molecular complexity index is 3290. The van der Waals surface area contributed by atoms with Gasteiger partial charge in [0.2, 0.25) is 0 Å². The summed E-state index contributed by atoms with van der Waals surface area (Å²) >= 11 is 0. The van der Waals surface area contributed by atoms with Crippen molar-refractivity contribution in [1.82, 2.24) is 14.4 Å². The Morgan fingerprint density at radius 3 is 2.38 bits per heavy atom.